The predicted octanol–water partition coefficient (Wildman–Crippen LogP) is 22.9. The Hall–Kier alpha value is -10.7. The van der Waals surface area contributed by atoms with E-state index in [0.717, 1.165) is 0 Å². The lowest BCUT2D eigenvalue weighted by Gasteiger charge is -2.26. The molecule has 15 aromatic rings. The summed E-state index contributed by atoms with van der Waals surface area (Å²) in [6.45, 7) is 0. The maximum Gasteiger partial charge on any atom is -0.000718 e. The Kier molecular flexibility index (Phi) is 10.4. The summed E-state index contributed by atoms with van der Waals surface area (Å²) in [5, 5.41) is 10.1. The standard InChI is InChI=1S/C82H50/c1-7-23-51(24-8-1)71-65-35-19-20-36-66(65)72(52-25-9-2-10-26-52)80-69-47-45-61(63-37-21-39-67(77(63)69)79(71)80)59-43-41-58-50-60(44-42-57(58)49-59)62-46-48-70-78-64(62)38-22-40-68(78)81-75(55-31-15-5-16-32-55)73(53-27-11-3-12-28-53)74(54-29-13-4-14-30-54)76(82(70)81)56-33-17-6-18-34-56/h1-50H. The average molecular weight is 1040 g/mol. The van der Waals surface area contributed by atoms with Crippen molar-refractivity contribution in [3.05, 3.63) is 303 Å². The van der Waals surface area contributed by atoms with Gasteiger partial charge in [-0.1, -0.05) is 291 Å². The number of benzene rings is 15. The molecule has 0 bridgehead atoms. The molecule has 0 unspecified atom stereocenters. The maximum absolute atomic E-state index is 2.42. The van der Waals surface area contributed by atoms with E-state index in [1.54, 1.807) is 0 Å². The number of fused-ring (bicyclic) bond motifs is 8. The van der Waals surface area contributed by atoms with Gasteiger partial charge in [-0.05, 0) is 189 Å². The second-order valence-corrected chi connectivity index (χ2v) is 22.0. The molecule has 0 amide bonds. The van der Waals surface area contributed by atoms with Gasteiger partial charge in [-0.2, -0.15) is 0 Å². The second-order valence-electron chi connectivity index (χ2n) is 22.0. The van der Waals surface area contributed by atoms with Crippen molar-refractivity contribution in [2.24, 2.45) is 0 Å². The van der Waals surface area contributed by atoms with Crippen molar-refractivity contribution in [1.82, 2.24) is 0 Å². The Morgan fingerprint density at radius 1 is 0.134 bits per heavy atom. The van der Waals surface area contributed by atoms with E-state index in [0.29, 0.717) is 0 Å². The van der Waals surface area contributed by atoms with Crippen molar-refractivity contribution in [2.45, 2.75) is 0 Å². The SMILES string of the molecule is c1ccc(-c2c(-c3ccccc3)c(-c3ccccc3)c3c(c2-c2ccccc2)-c2cccc4c(-c5ccc6cc(-c7ccc8c9c(cccc79)-c7c-8c(-c8ccccc8)c8ccccc8c7-c7ccccc7)ccc6c5)ccc-3c24)cc1. The van der Waals surface area contributed by atoms with Crippen LogP contribution in [0.15, 0.2) is 303 Å². The highest BCUT2D eigenvalue weighted by molar-refractivity contribution is 6.30. The van der Waals surface area contributed by atoms with Crippen LogP contribution in [0.2, 0.25) is 0 Å². The summed E-state index contributed by atoms with van der Waals surface area (Å²) in [5.74, 6) is 0. The molecule has 0 fully saturated rings. The fourth-order valence-electron chi connectivity index (χ4n) is 14.4. The van der Waals surface area contributed by atoms with Crippen LogP contribution in [-0.2, 0) is 0 Å². The van der Waals surface area contributed by atoms with Gasteiger partial charge >= 0.3 is 0 Å². The highest BCUT2D eigenvalue weighted by Crippen LogP contribution is 2.62. The minimum atomic E-state index is 1.20. The van der Waals surface area contributed by atoms with E-state index >= 15 is 0 Å². The molecule has 2 aliphatic rings. The molecule has 0 aromatic heterocycles. The average Bonchev–Trinajstić information content (AvgIpc) is 2.04. The van der Waals surface area contributed by atoms with Crippen molar-refractivity contribution in [2.75, 3.05) is 0 Å². The highest BCUT2D eigenvalue weighted by atomic mass is 14.4. The first kappa shape index (κ1) is 46.3. The zero-order valence-electron chi connectivity index (χ0n) is 44.9. The Labute approximate surface area is 477 Å². The van der Waals surface area contributed by atoms with E-state index in [9.17, 15) is 0 Å². The largest absolute Gasteiger partial charge is 0.0622 e. The summed E-state index contributed by atoms with van der Waals surface area (Å²) in [6.07, 6.45) is 0. The fraction of sp³-hybridized carbons (Fsp3) is 0. The molecule has 2 aliphatic carbocycles. The van der Waals surface area contributed by atoms with Gasteiger partial charge in [-0.15, -0.1) is 0 Å². The molecule has 0 heterocycles. The molecule has 82 heavy (non-hydrogen) atoms. The van der Waals surface area contributed by atoms with E-state index in [2.05, 4.69) is 303 Å². The maximum atomic E-state index is 2.42. The van der Waals surface area contributed by atoms with E-state index in [-0.39, 0.29) is 0 Å². The van der Waals surface area contributed by atoms with E-state index < -0.39 is 0 Å². The van der Waals surface area contributed by atoms with Gasteiger partial charge in [0.05, 0.1) is 0 Å². The third-order valence-corrected chi connectivity index (χ3v) is 17.7. The summed E-state index contributed by atoms with van der Waals surface area (Å²) in [6, 6.07) is 113. The zero-order chi connectivity index (χ0) is 53.8. The van der Waals surface area contributed by atoms with Crippen molar-refractivity contribution in [3.63, 3.8) is 0 Å². The van der Waals surface area contributed by atoms with Crippen LogP contribution in [0.25, 0.3) is 177 Å². The highest BCUT2D eigenvalue weighted by Gasteiger charge is 2.35. The van der Waals surface area contributed by atoms with E-state index in [1.807, 2.05) is 0 Å². The summed E-state index contributed by atoms with van der Waals surface area (Å²) in [5.41, 5.74) is 30.2. The van der Waals surface area contributed by atoms with Gasteiger partial charge < -0.3 is 0 Å². The van der Waals surface area contributed by atoms with Gasteiger partial charge in [0.2, 0.25) is 0 Å². The molecule has 0 saturated carbocycles. The molecule has 378 valence electrons. The molecule has 0 heteroatoms. The van der Waals surface area contributed by atoms with Crippen LogP contribution in [0.3, 0.4) is 0 Å². The molecule has 0 nitrogen and oxygen atoms in total. The third-order valence-electron chi connectivity index (χ3n) is 17.7. The van der Waals surface area contributed by atoms with Crippen LogP contribution >= 0.6 is 0 Å². The first-order valence-electron chi connectivity index (χ1n) is 28.6. The molecule has 0 N–H and O–H groups in total. The lowest BCUT2D eigenvalue weighted by atomic mass is 9.76. The van der Waals surface area contributed by atoms with Gasteiger partial charge in [0, 0.05) is 0 Å². The van der Waals surface area contributed by atoms with Gasteiger partial charge in [0.1, 0.15) is 0 Å². The number of rotatable bonds is 8. The molecule has 0 radical (unpaired) electrons. The van der Waals surface area contributed by atoms with Gasteiger partial charge in [0.15, 0.2) is 0 Å². The van der Waals surface area contributed by atoms with Crippen molar-refractivity contribution in [3.8, 4) is 134 Å². The van der Waals surface area contributed by atoms with Crippen molar-refractivity contribution < 1.29 is 0 Å². The van der Waals surface area contributed by atoms with Crippen LogP contribution in [0.4, 0.5) is 0 Å². The first-order valence-corrected chi connectivity index (χ1v) is 28.6. The van der Waals surface area contributed by atoms with E-state index in [1.165, 1.54) is 177 Å². The Balaban J connectivity index is 0.833. The van der Waals surface area contributed by atoms with Crippen LogP contribution in [0, 0.1) is 0 Å². The van der Waals surface area contributed by atoms with E-state index in [4.69, 9.17) is 0 Å². The smallest absolute Gasteiger partial charge is 0.000718 e. The minimum absolute atomic E-state index is 1.20. The number of hydrogen-bond acceptors (Lipinski definition) is 0. The molecular weight excluding hydrogens is 985 g/mol. The van der Waals surface area contributed by atoms with Crippen molar-refractivity contribution >= 4 is 43.1 Å². The summed E-state index contributed by atoms with van der Waals surface area (Å²) >= 11 is 0. The lowest BCUT2D eigenvalue weighted by molar-refractivity contribution is 1.54. The fourth-order valence-corrected chi connectivity index (χ4v) is 14.4. The normalized spacial score (nSPS) is 11.9. The molecule has 15 aromatic carbocycles. The number of hydrogen-bond donors (Lipinski definition) is 0. The van der Waals surface area contributed by atoms with Gasteiger partial charge in [0.25, 0.3) is 0 Å². The van der Waals surface area contributed by atoms with Crippen LogP contribution < -0.4 is 0 Å². The minimum Gasteiger partial charge on any atom is -0.0622 e. The molecule has 0 saturated heterocycles. The van der Waals surface area contributed by atoms with Gasteiger partial charge in [-0.3, -0.25) is 0 Å². The third kappa shape index (κ3) is 6.92. The second kappa shape index (κ2) is 18.5. The van der Waals surface area contributed by atoms with Gasteiger partial charge in [-0.25, -0.2) is 0 Å². The molecule has 0 atom stereocenters. The Morgan fingerprint density at radius 3 is 0.732 bits per heavy atom. The quantitative estimate of drug-likeness (QED) is 0.142. The Morgan fingerprint density at radius 2 is 0.390 bits per heavy atom. The van der Waals surface area contributed by atoms with Crippen LogP contribution in [-0.4, -0.2) is 0 Å². The van der Waals surface area contributed by atoms with Crippen molar-refractivity contribution in [1.29, 1.82) is 0 Å². The van der Waals surface area contributed by atoms with Crippen LogP contribution in [0.5, 0.6) is 0 Å². The predicted molar refractivity (Wildman–Crippen MR) is 349 cm³/mol. The van der Waals surface area contributed by atoms with Crippen LogP contribution in [0.1, 0.15) is 0 Å². The molecular formula is C82H50. The summed E-state index contributed by atoms with van der Waals surface area (Å²) in [4.78, 5) is 0. The topological polar surface area (TPSA) is 0 Å². The molecule has 0 aliphatic heterocycles. The zero-order valence-corrected chi connectivity index (χ0v) is 44.9. The molecule has 0 spiro atoms. The Bertz CT molecular complexity index is 4870. The lowest BCUT2D eigenvalue weighted by Crippen LogP contribution is -1.99. The molecule has 17 rings (SSSR count). The summed E-state index contributed by atoms with van der Waals surface area (Å²) < 4.78 is 0. The monoisotopic (exact) mass is 1030 g/mol. The first-order chi connectivity index (χ1) is 40.7. The summed E-state index contributed by atoms with van der Waals surface area (Å²) in [7, 11) is 0.